The van der Waals surface area contributed by atoms with Gasteiger partial charge >= 0.3 is 12.2 Å². The van der Waals surface area contributed by atoms with Crippen molar-refractivity contribution in [3.8, 4) is 0 Å². The first-order chi connectivity index (χ1) is 12.8. The summed E-state index contributed by atoms with van der Waals surface area (Å²) in [4.78, 5) is 40.9. The first-order valence-electron chi connectivity index (χ1n) is 8.58. The van der Waals surface area contributed by atoms with Gasteiger partial charge in [-0.3, -0.25) is 10.1 Å². The fourth-order valence-electron chi connectivity index (χ4n) is 2.30. The minimum Gasteiger partial charge on any atom is -0.443 e. The number of aromatic nitrogens is 1. The lowest BCUT2D eigenvalue weighted by molar-refractivity contribution is -0.384. The first kappa shape index (κ1) is 21.1. The number of rotatable bonds is 2. The van der Waals surface area contributed by atoms with Gasteiger partial charge in [0.15, 0.2) is 5.82 Å². The minimum absolute atomic E-state index is 0.0316. The minimum atomic E-state index is -0.958. The summed E-state index contributed by atoms with van der Waals surface area (Å²) in [7, 11) is 0. The third kappa shape index (κ3) is 5.15. The van der Waals surface area contributed by atoms with Gasteiger partial charge in [-0.05, 0) is 59.1 Å². The lowest BCUT2D eigenvalue weighted by Gasteiger charge is -2.28. The van der Waals surface area contributed by atoms with E-state index in [4.69, 9.17) is 9.47 Å². The Balaban J connectivity index is 2.60. The van der Waals surface area contributed by atoms with E-state index < -0.39 is 28.3 Å². The van der Waals surface area contributed by atoms with E-state index in [1.807, 2.05) is 0 Å². The Hall–Kier alpha value is -3.23. The van der Waals surface area contributed by atoms with Crippen molar-refractivity contribution < 1.29 is 24.0 Å². The molecule has 1 aromatic carbocycles. The molecule has 2 aromatic rings. The third-order valence-corrected chi connectivity index (χ3v) is 3.30. The summed E-state index contributed by atoms with van der Waals surface area (Å²) in [6, 6.07) is 5.59. The van der Waals surface area contributed by atoms with Crippen LogP contribution in [0.5, 0.6) is 0 Å². The van der Waals surface area contributed by atoms with Crippen molar-refractivity contribution in [2.24, 2.45) is 0 Å². The number of pyridine rings is 1. The van der Waals surface area contributed by atoms with Crippen molar-refractivity contribution in [3.63, 3.8) is 0 Å². The zero-order chi connectivity index (χ0) is 21.3. The number of nitro groups is 1. The molecule has 2 amide bonds. The van der Waals surface area contributed by atoms with Crippen LogP contribution in [-0.4, -0.2) is 33.3 Å². The van der Waals surface area contributed by atoms with Crippen LogP contribution < -0.4 is 4.90 Å². The van der Waals surface area contributed by atoms with Crippen LogP contribution in [0.25, 0.3) is 10.8 Å². The van der Waals surface area contributed by atoms with Crippen LogP contribution in [0.2, 0.25) is 0 Å². The maximum atomic E-state index is 12.8. The number of carbonyl (C=O) groups excluding carboxylic acids is 2. The molecule has 1 aromatic heterocycles. The molecule has 150 valence electrons. The molecule has 9 heteroatoms. The van der Waals surface area contributed by atoms with Crippen molar-refractivity contribution in [1.29, 1.82) is 0 Å². The van der Waals surface area contributed by atoms with Crippen LogP contribution in [0, 0.1) is 10.1 Å². The van der Waals surface area contributed by atoms with Crippen molar-refractivity contribution >= 4 is 34.5 Å². The van der Waals surface area contributed by atoms with Crippen molar-refractivity contribution in [2.45, 2.75) is 52.7 Å². The second-order valence-electron chi connectivity index (χ2n) is 8.09. The zero-order valence-corrected chi connectivity index (χ0v) is 16.7. The number of hydrogen-bond donors (Lipinski definition) is 0. The van der Waals surface area contributed by atoms with Crippen LogP contribution in [0.1, 0.15) is 41.5 Å². The molecule has 0 saturated carbocycles. The van der Waals surface area contributed by atoms with Crippen LogP contribution in [0.3, 0.4) is 0 Å². The number of ether oxygens (including phenoxy) is 2. The average molecular weight is 389 g/mol. The Kier molecular flexibility index (Phi) is 5.58. The highest BCUT2D eigenvalue weighted by Gasteiger charge is 2.34. The summed E-state index contributed by atoms with van der Waals surface area (Å²) in [5.41, 5.74) is -1.84. The molecule has 0 saturated heterocycles. The van der Waals surface area contributed by atoms with Gasteiger partial charge in [-0.25, -0.2) is 14.6 Å². The lowest BCUT2D eigenvalue weighted by Crippen LogP contribution is -2.44. The van der Waals surface area contributed by atoms with Crippen LogP contribution in [0.4, 0.5) is 21.1 Å². The molecule has 0 radical (unpaired) electrons. The molecule has 9 nitrogen and oxygen atoms in total. The van der Waals surface area contributed by atoms with E-state index in [1.54, 1.807) is 47.6 Å². The van der Waals surface area contributed by atoms with Gasteiger partial charge in [0.2, 0.25) is 0 Å². The number of carbonyl (C=O) groups is 2. The van der Waals surface area contributed by atoms with Gasteiger partial charge in [0.05, 0.1) is 4.92 Å². The molecule has 28 heavy (non-hydrogen) atoms. The third-order valence-electron chi connectivity index (χ3n) is 3.30. The highest BCUT2D eigenvalue weighted by atomic mass is 16.6. The molecular formula is C19H23N3O6. The Morgan fingerprint density at radius 1 is 1.00 bits per heavy atom. The van der Waals surface area contributed by atoms with Gasteiger partial charge < -0.3 is 9.47 Å². The highest BCUT2D eigenvalue weighted by molar-refractivity contribution is 6.13. The molecule has 0 aliphatic heterocycles. The number of fused-ring (bicyclic) bond motifs is 1. The van der Waals surface area contributed by atoms with Crippen molar-refractivity contribution in [1.82, 2.24) is 4.98 Å². The fourth-order valence-corrected chi connectivity index (χ4v) is 2.30. The number of benzene rings is 1. The number of nitro benzene ring substituents is 1. The van der Waals surface area contributed by atoms with E-state index in [1.165, 1.54) is 24.4 Å². The normalized spacial score (nSPS) is 11.8. The standard InChI is InChI=1S/C19H23N3O6/c1-18(2,3)27-16(23)21(17(24)28-19(4,5)6)15-14-8-7-13(22(25)26)11-12(14)9-10-20-15/h7-11H,1-6H3. The quantitative estimate of drug-likeness (QED) is 0.534. The Bertz CT molecular complexity index is 899. The molecule has 0 N–H and O–H groups in total. The Labute approximate surface area is 162 Å². The predicted molar refractivity (Wildman–Crippen MR) is 103 cm³/mol. The Morgan fingerprint density at radius 3 is 2.00 bits per heavy atom. The number of hydrogen-bond acceptors (Lipinski definition) is 7. The van der Waals surface area contributed by atoms with E-state index in [-0.39, 0.29) is 11.5 Å². The van der Waals surface area contributed by atoms with Gasteiger partial charge in [-0.1, -0.05) is 0 Å². The molecule has 0 unspecified atom stereocenters. The fraction of sp³-hybridized carbons (Fsp3) is 0.421. The van der Waals surface area contributed by atoms with Gasteiger partial charge in [-0.15, -0.1) is 0 Å². The molecular weight excluding hydrogens is 366 g/mol. The van der Waals surface area contributed by atoms with Gasteiger partial charge in [0.25, 0.3) is 5.69 Å². The average Bonchev–Trinajstić information content (AvgIpc) is 2.51. The number of nitrogens with zero attached hydrogens (tertiary/aromatic N) is 3. The highest BCUT2D eigenvalue weighted by Crippen LogP contribution is 2.30. The predicted octanol–water partition coefficient (Wildman–Crippen LogP) is 4.82. The van der Waals surface area contributed by atoms with Gasteiger partial charge in [-0.2, -0.15) is 4.90 Å². The van der Waals surface area contributed by atoms with E-state index in [0.717, 1.165) is 0 Å². The lowest BCUT2D eigenvalue weighted by atomic mass is 10.1. The van der Waals surface area contributed by atoms with Gasteiger partial charge in [0.1, 0.15) is 11.2 Å². The van der Waals surface area contributed by atoms with Crippen LogP contribution in [0.15, 0.2) is 30.5 Å². The summed E-state index contributed by atoms with van der Waals surface area (Å²) >= 11 is 0. The smallest absolute Gasteiger partial charge is 0.425 e. The number of non-ortho nitro benzene ring substituents is 1. The summed E-state index contributed by atoms with van der Waals surface area (Å²) in [5.74, 6) is -0.0316. The molecule has 0 spiro atoms. The van der Waals surface area contributed by atoms with E-state index in [0.29, 0.717) is 15.7 Å². The monoisotopic (exact) mass is 389 g/mol. The van der Waals surface area contributed by atoms with Gasteiger partial charge in [0, 0.05) is 23.7 Å². The molecule has 0 aliphatic rings. The molecule has 0 fully saturated rings. The second kappa shape index (κ2) is 7.41. The molecule has 0 bridgehead atoms. The van der Waals surface area contributed by atoms with E-state index in [2.05, 4.69) is 4.98 Å². The SMILES string of the molecule is CC(C)(C)OC(=O)N(C(=O)OC(C)(C)C)c1nccc2cc([N+](=O)[O-])ccc12. The largest absolute Gasteiger partial charge is 0.443 e. The van der Waals surface area contributed by atoms with E-state index >= 15 is 0 Å². The second-order valence-corrected chi connectivity index (χ2v) is 8.09. The van der Waals surface area contributed by atoms with E-state index in [9.17, 15) is 19.7 Å². The Morgan fingerprint density at radius 2 is 1.54 bits per heavy atom. The summed E-state index contributed by atoms with van der Waals surface area (Å²) < 4.78 is 10.7. The molecule has 0 atom stereocenters. The molecule has 1 heterocycles. The van der Waals surface area contributed by atoms with Crippen molar-refractivity contribution in [2.75, 3.05) is 4.90 Å². The number of amides is 2. The zero-order valence-electron chi connectivity index (χ0n) is 16.7. The number of imide groups is 1. The first-order valence-corrected chi connectivity index (χ1v) is 8.58. The summed E-state index contributed by atoms with van der Waals surface area (Å²) in [6.45, 7) is 9.99. The van der Waals surface area contributed by atoms with Crippen molar-refractivity contribution in [3.05, 3.63) is 40.6 Å². The topological polar surface area (TPSA) is 112 Å². The van der Waals surface area contributed by atoms with Crippen LogP contribution in [-0.2, 0) is 9.47 Å². The summed E-state index contributed by atoms with van der Waals surface area (Å²) in [5, 5.41) is 11.8. The summed E-state index contributed by atoms with van der Waals surface area (Å²) in [6.07, 6.45) is -0.566. The van der Waals surface area contributed by atoms with Crippen LogP contribution >= 0.6 is 0 Å². The maximum Gasteiger partial charge on any atom is 0.425 e. The molecule has 0 aliphatic carbocycles. The number of anilines is 1. The maximum absolute atomic E-state index is 12.8. The molecule has 2 rings (SSSR count).